The molecule has 0 aliphatic carbocycles. The maximum Gasteiger partial charge on any atom is 0.409 e. The van der Waals surface area contributed by atoms with Crippen LogP contribution >= 0.6 is 22.6 Å². The summed E-state index contributed by atoms with van der Waals surface area (Å²) in [5, 5.41) is 2.71. The summed E-state index contributed by atoms with van der Waals surface area (Å²) in [6.45, 7) is 4.72. The molecule has 1 amide bonds. The number of nitrogens with one attached hydrogen (secondary N) is 1. The minimum absolute atomic E-state index is 0.448. The molecule has 0 radical (unpaired) electrons. The van der Waals surface area contributed by atoms with Gasteiger partial charge in [-0.15, -0.1) is 0 Å². The lowest BCUT2D eigenvalue weighted by atomic mass is 10.2. The zero-order valence-corrected chi connectivity index (χ0v) is 16.9. The molecule has 0 heterocycles. The summed E-state index contributed by atoms with van der Waals surface area (Å²) in [5.74, 6) is 0. The van der Waals surface area contributed by atoms with E-state index < -0.39 is 18.7 Å². The second-order valence-electron chi connectivity index (χ2n) is 5.48. The Hall–Kier alpha value is -0.860. The second kappa shape index (κ2) is 12.5. The van der Waals surface area contributed by atoms with Gasteiger partial charge in [-0.05, 0) is 41.5 Å². The molecule has 1 aromatic rings. The highest BCUT2D eigenvalue weighted by Gasteiger charge is 2.22. The number of amides is 1. The number of unbranched alkanes of at least 4 members (excludes halogenated alkanes) is 2. The smallest absolute Gasteiger partial charge is 0.409 e. The van der Waals surface area contributed by atoms with Gasteiger partial charge in [-0.1, -0.05) is 44.9 Å². The Kier molecular flexibility index (Phi) is 11.0. The molecule has 0 saturated heterocycles. The molecule has 0 fully saturated rings. The molecule has 6 heteroatoms. The number of halogens is 1. The molecule has 1 N–H and O–H groups in total. The molecule has 136 valence electrons. The number of rotatable bonds is 11. The Morgan fingerprint density at radius 3 is 2.58 bits per heavy atom. The second-order valence-corrected chi connectivity index (χ2v) is 6.64. The molecule has 1 aromatic carbocycles. The third-order valence-corrected chi connectivity index (χ3v) is 4.43. The Morgan fingerprint density at radius 2 is 1.96 bits per heavy atom. The van der Waals surface area contributed by atoms with Crippen molar-refractivity contribution in [2.24, 2.45) is 0 Å². The average molecular weight is 449 g/mol. The zero-order valence-electron chi connectivity index (χ0n) is 14.7. The fraction of sp³-hybridized carbons (Fsp3) is 0.611. The van der Waals surface area contributed by atoms with Crippen molar-refractivity contribution in [1.82, 2.24) is 5.32 Å². The van der Waals surface area contributed by atoms with Crippen LogP contribution in [0.4, 0.5) is 4.79 Å². The van der Waals surface area contributed by atoms with Crippen molar-refractivity contribution in [3.05, 3.63) is 33.4 Å². The summed E-state index contributed by atoms with van der Waals surface area (Å²) in [5.41, 5.74) is 0.929. The maximum absolute atomic E-state index is 11.9. The van der Waals surface area contributed by atoms with Crippen LogP contribution in [0.1, 0.15) is 57.8 Å². The SMILES string of the molecule is CCCCC[C@H](OC(=O)NCCC)O[C@H](OC)c1ccccc1I. The van der Waals surface area contributed by atoms with Gasteiger partial charge in [0.1, 0.15) is 0 Å². The van der Waals surface area contributed by atoms with Crippen LogP contribution in [0.15, 0.2) is 24.3 Å². The van der Waals surface area contributed by atoms with Gasteiger partial charge < -0.3 is 19.5 Å². The molecular formula is C18H28INO4. The molecule has 0 bridgehead atoms. The summed E-state index contributed by atoms with van der Waals surface area (Å²) in [6, 6.07) is 7.85. The summed E-state index contributed by atoms with van der Waals surface area (Å²) >= 11 is 2.24. The van der Waals surface area contributed by atoms with Gasteiger partial charge in [-0.3, -0.25) is 0 Å². The van der Waals surface area contributed by atoms with Crippen molar-refractivity contribution >= 4 is 28.7 Å². The van der Waals surface area contributed by atoms with Gasteiger partial charge in [0.25, 0.3) is 0 Å². The fourth-order valence-corrected chi connectivity index (χ4v) is 2.81. The third kappa shape index (κ3) is 7.81. The molecule has 0 unspecified atom stereocenters. The number of carbonyl (C=O) groups is 1. The van der Waals surface area contributed by atoms with Crippen LogP contribution in [-0.2, 0) is 14.2 Å². The van der Waals surface area contributed by atoms with Crippen LogP contribution in [0, 0.1) is 3.57 Å². The van der Waals surface area contributed by atoms with Crippen LogP contribution in [0.3, 0.4) is 0 Å². The fourth-order valence-electron chi connectivity index (χ4n) is 2.16. The lowest BCUT2D eigenvalue weighted by Crippen LogP contribution is -2.32. The first-order valence-corrected chi connectivity index (χ1v) is 9.57. The number of hydrogen-bond donors (Lipinski definition) is 1. The number of ether oxygens (including phenoxy) is 3. The van der Waals surface area contributed by atoms with Crippen LogP contribution in [0.5, 0.6) is 0 Å². The van der Waals surface area contributed by atoms with Crippen molar-refractivity contribution in [2.45, 2.75) is 58.5 Å². The number of carbonyl (C=O) groups excluding carboxylic acids is 1. The predicted octanol–water partition coefficient (Wildman–Crippen LogP) is 5.00. The summed E-state index contributed by atoms with van der Waals surface area (Å²) < 4.78 is 17.9. The molecule has 0 aromatic heterocycles. The first kappa shape index (κ1) is 21.2. The van der Waals surface area contributed by atoms with Gasteiger partial charge in [0.15, 0.2) is 6.29 Å². The van der Waals surface area contributed by atoms with E-state index in [2.05, 4.69) is 34.8 Å². The van der Waals surface area contributed by atoms with E-state index >= 15 is 0 Å². The van der Waals surface area contributed by atoms with Gasteiger partial charge in [-0.2, -0.15) is 0 Å². The van der Waals surface area contributed by atoms with E-state index in [9.17, 15) is 4.79 Å². The summed E-state index contributed by atoms with van der Waals surface area (Å²) in [4.78, 5) is 11.9. The van der Waals surface area contributed by atoms with E-state index in [4.69, 9.17) is 14.2 Å². The molecule has 24 heavy (non-hydrogen) atoms. The van der Waals surface area contributed by atoms with Crippen LogP contribution in [0.2, 0.25) is 0 Å². The van der Waals surface area contributed by atoms with Crippen molar-refractivity contribution in [3.8, 4) is 0 Å². The molecule has 0 aliphatic rings. The molecule has 0 spiro atoms. The largest absolute Gasteiger partial charge is 0.420 e. The predicted molar refractivity (Wildman–Crippen MR) is 103 cm³/mol. The number of methoxy groups -OCH3 is 1. The summed E-state index contributed by atoms with van der Waals surface area (Å²) in [7, 11) is 1.59. The lowest BCUT2D eigenvalue weighted by molar-refractivity contribution is -0.224. The van der Waals surface area contributed by atoms with E-state index in [0.29, 0.717) is 13.0 Å². The highest BCUT2D eigenvalue weighted by atomic mass is 127. The molecule has 5 nitrogen and oxygen atoms in total. The monoisotopic (exact) mass is 449 g/mol. The highest BCUT2D eigenvalue weighted by molar-refractivity contribution is 14.1. The van der Waals surface area contributed by atoms with E-state index in [1.54, 1.807) is 7.11 Å². The van der Waals surface area contributed by atoms with E-state index in [1.807, 2.05) is 31.2 Å². The standard InChI is InChI=1S/C18H28INO4/c1-4-6-7-12-16(24-18(21)20-13-5-2)23-17(22-3)14-10-8-9-11-15(14)19/h8-11,16-17H,4-7,12-13H2,1-3H3,(H,20,21)/t16-,17-/m0/s1. The van der Waals surface area contributed by atoms with Gasteiger partial charge in [0.2, 0.25) is 6.29 Å². The van der Waals surface area contributed by atoms with Gasteiger partial charge in [-0.25, -0.2) is 4.79 Å². The van der Waals surface area contributed by atoms with Gasteiger partial charge in [0.05, 0.1) is 0 Å². The minimum atomic E-state index is -0.630. The average Bonchev–Trinajstić information content (AvgIpc) is 2.58. The Morgan fingerprint density at radius 1 is 1.21 bits per heavy atom. The van der Waals surface area contributed by atoms with Gasteiger partial charge >= 0.3 is 6.09 Å². The first-order valence-electron chi connectivity index (χ1n) is 8.49. The molecule has 2 atom stereocenters. The normalized spacial score (nSPS) is 13.3. The van der Waals surface area contributed by atoms with Crippen LogP contribution < -0.4 is 5.32 Å². The molecule has 0 aliphatic heterocycles. The Balaban J connectivity index is 2.73. The van der Waals surface area contributed by atoms with Crippen molar-refractivity contribution in [2.75, 3.05) is 13.7 Å². The molecular weight excluding hydrogens is 421 g/mol. The molecule has 0 saturated carbocycles. The zero-order chi connectivity index (χ0) is 17.8. The highest BCUT2D eigenvalue weighted by Crippen LogP contribution is 2.26. The van der Waals surface area contributed by atoms with E-state index in [1.165, 1.54) is 0 Å². The topological polar surface area (TPSA) is 56.8 Å². The lowest BCUT2D eigenvalue weighted by Gasteiger charge is -2.25. The van der Waals surface area contributed by atoms with E-state index in [-0.39, 0.29) is 0 Å². The first-order chi connectivity index (χ1) is 11.6. The molecule has 1 rings (SSSR count). The van der Waals surface area contributed by atoms with Gasteiger partial charge in [0, 0.05) is 29.2 Å². The van der Waals surface area contributed by atoms with Crippen molar-refractivity contribution in [3.63, 3.8) is 0 Å². The van der Waals surface area contributed by atoms with Crippen LogP contribution in [0.25, 0.3) is 0 Å². The number of hydrogen-bond acceptors (Lipinski definition) is 4. The third-order valence-electron chi connectivity index (χ3n) is 3.45. The number of benzene rings is 1. The maximum atomic E-state index is 11.9. The van der Waals surface area contributed by atoms with Crippen molar-refractivity contribution < 1.29 is 19.0 Å². The van der Waals surface area contributed by atoms with Crippen LogP contribution in [-0.4, -0.2) is 26.0 Å². The number of alkyl carbamates (subject to hydrolysis) is 1. The Labute approximate surface area is 158 Å². The summed E-state index contributed by atoms with van der Waals surface area (Å²) in [6.07, 6.45) is 2.97. The van der Waals surface area contributed by atoms with E-state index in [0.717, 1.165) is 34.8 Å². The van der Waals surface area contributed by atoms with Crippen molar-refractivity contribution in [1.29, 1.82) is 0 Å². The minimum Gasteiger partial charge on any atom is -0.420 e. The quantitative estimate of drug-likeness (QED) is 0.294. The Bertz CT molecular complexity index is 484.